The van der Waals surface area contributed by atoms with Crippen molar-refractivity contribution in [3.8, 4) is 11.1 Å². The Morgan fingerprint density at radius 1 is 1.28 bits per heavy atom. The number of esters is 1. The Morgan fingerprint density at radius 2 is 1.90 bits per heavy atom. The van der Waals surface area contributed by atoms with Crippen LogP contribution < -0.4 is 5.56 Å². The van der Waals surface area contributed by atoms with Gasteiger partial charge in [-0.05, 0) is 45.4 Å². The van der Waals surface area contributed by atoms with Crippen LogP contribution >= 0.6 is 11.3 Å². The van der Waals surface area contributed by atoms with Gasteiger partial charge in [-0.2, -0.15) is 0 Å². The molecule has 3 rings (SSSR count). The third-order valence-corrected chi connectivity index (χ3v) is 5.91. The van der Waals surface area contributed by atoms with Gasteiger partial charge in [-0.3, -0.25) is 9.36 Å². The number of hydrogen-bond acceptors (Lipinski definition) is 5. The Morgan fingerprint density at radius 3 is 2.45 bits per heavy atom. The average Bonchev–Trinajstić information content (AvgIpc) is 2.98. The van der Waals surface area contributed by atoms with Crippen LogP contribution in [0.4, 0.5) is 4.39 Å². The van der Waals surface area contributed by atoms with Crippen molar-refractivity contribution in [2.75, 3.05) is 6.61 Å². The second kappa shape index (κ2) is 7.71. The Hall–Kier alpha value is -2.54. The minimum Gasteiger partial charge on any atom is -0.464 e. The predicted molar refractivity (Wildman–Crippen MR) is 114 cm³/mol. The molecular formula is C22H25FN2O3S. The van der Waals surface area contributed by atoms with Gasteiger partial charge in [-0.15, -0.1) is 11.3 Å². The number of benzene rings is 1. The van der Waals surface area contributed by atoms with Gasteiger partial charge in [0.05, 0.1) is 12.0 Å². The molecule has 3 aromatic rings. The number of ether oxygens (including phenoxy) is 1. The highest BCUT2D eigenvalue weighted by atomic mass is 32.1. The quantitative estimate of drug-likeness (QED) is 0.550. The van der Waals surface area contributed by atoms with E-state index < -0.39 is 11.5 Å². The molecule has 0 fully saturated rings. The summed E-state index contributed by atoms with van der Waals surface area (Å²) in [4.78, 5) is 32.7. The molecule has 0 radical (unpaired) electrons. The number of nitrogens with zero attached hydrogens (tertiary/aromatic N) is 2. The van der Waals surface area contributed by atoms with Gasteiger partial charge in [-0.25, -0.2) is 14.2 Å². The second-order valence-corrected chi connectivity index (χ2v) is 8.97. The molecule has 7 heteroatoms. The lowest BCUT2D eigenvalue weighted by Crippen LogP contribution is -2.46. The topological polar surface area (TPSA) is 61.2 Å². The van der Waals surface area contributed by atoms with Crippen LogP contribution in [0.25, 0.3) is 21.3 Å². The number of aromatic nitrogens is 2. The molecule has 0 saturated carbocycles. The maximum absolute atomic E-state index is 13.7. The molecule has 0 aliphatic carbocycles. The number of carbonyl (C=O) groups excluding carboxylic acids is 1. The zero-order valence-electron chi connectivity index (χ0n) is 17.5. The van der Waals surface area contributed by atoms with Crippen molar-refractivity contribution in [2.24, 2.45) is 0 Å². The van der Waals surface area contributed by atoms with E-state index in [4.69, 9.17) is 9.72 Å². The molecule has 0 N–H and O–H groups in total. The van der Waals surface area contributed by atoms with Gasteiger partial charge in [0, 0.05) is 16.4 Å². The maximum atomic E-state index is 13.7. The largest absolute Gasteiger partial charge is 0.464 e. The zero-order valence-corrected chi connectivity index (χ0v) is 18.3. The first-order valence-corrected chi connectivity index (χ1v) is 10.4. The smallest absolute Gasteiger partial charge is 0.331 e. The standard InChI is InChI=1S/C22H25FN2O3S/c1-7-28-21(27)22(5,6)25-18(12(2)3)24-19-17(20(25)26)16(13(4)29-19)14-8-10-15(23)11-9-14/h8-12H,7H2,1-6H3. The molecule has 2 aromatic heterocycles. The lowest BCUT2D eigenvalue weighted by atomic mass is 10.0. The van der Waals surface area contributed by atoms with Crippen LogP contribution in [0.1, 0.15) is 51.2 Å². The highest BCUT2D eigenvalue weighted by Gasteiger charge is 2.36. The fraction of sp³-hybridized carbons (Fsp3) is 0.409. The fourth-order valence-electron chi connectivity index (χ4n) is 3.47. The molecule has 2 heterocycles. The zero-order chi connectivity index (χ0) is 21.5. The van der Waals surface area contributed by atoms with Crippen LogP contribution in [0.3, 0.4) is 0 Å². The minimum atomic E-state index is -1.22. The molecule has 1 aromatic carbocycles. The summed E-state index contributed by atoms with van der Waals surface area (Å²) < 4.78 is 20.1. The van der Waals surface area contributed by atoms with Gasteiger partial charge in [0.1, 0.15) is 22.0 Å². The molecule has 0 aliphatic rings. The van der Waals surface area contributed by atoms with Crippen LogP contribution in [0.5, 0.6) is 0 Å². The predicted octanol–water partition coefficient (Wildman–Crippen LogP) is 4.99. The third-order valence-electron chi connectivity index (χ3n) is 4.91. The van der Waals surface area contributed by atoms with Crippen molar-refractivity contribution < 1.29 is 13.9 Å². The number of fused-ring (bicyclic) bond motifs is 1. The molecule has 0 amide bonds. The van der Waals surface area contributed by atoms with Gasteiger partial charge in [0.25, 0.3) is 5.56 Å². The summed E-state index contributed by atoms with van der Waals surface area (Å²) in [6, 6.07) is 6.05. The van der Waals surface area contributed by atoms with E-state index in [1.807, 2.05) is 20.8 Å². The second-order valence-electron chi connectivity index (χ2n) is 7.77. The van der Waals surface area contributed by atoms with E-state index in [9.17, 15) is 14.0 Å². The molecule has 0 aliphatic heterocycles. The molecule has 29 heavy (non-hydrogen) atoms. The SMILES string of the molecule is CCOC(=O)C(C)(C)n1c(C(C)C)nc2sc(C)c(-c3ccc(F)cc3)c2c1=O. The summed E-state index contributed by atoms with van der Waals surface area (Å²) >= 11 is 1.43. The number of halogens is 1. The van der Waals surface area contributed by atoms with Crippen LogP contribution in [0.2, 0.25) is 0 Å². The summed E-state index contributed by atoms with van der Waals surface area (Å²) in [6.45, 7) is 11.1. The number of rotatable bonds is 5. The normalized spacial score (nSPS) is 12.0. The summed E-state index contributed by atoms with van der Waals surface area (Å²) in [5.41, 5.74) is -0.0393. The van der Waals surface area contributed by atoms with E-state index in [1.54, 1.807) is 32.9 Å². The first kappa shape index (κ1) is 21.2. The Balaban J connectivity index is 2.40. The summed E-state index contributed by atoms with van der Waals surface area (Å²) in [5, 5.41) is 0.445. The van der Waals surface area contributed by atoms with Crippen LogP contribution in [0, 0.1) is 12.7 Å². The maximum Gasteiger partial charge on any atom is 0.331 e. The van der Waals surface area contributed by atoms with Crippen molar-refractivity contribution in [3.05, 3.63) is 51.1 Å². The molecule has 154 valence electrons. The van der Waals surface area contributed by atoms with Crippen molar-refractivity contribution in [2.45, 2.75) is 53.0 Å². The summed E-state index contributed by atoms with van der Waals surface area (Å²) in [6.07, 6.45) is 0. The van der Waals surface area contributed by atoms with E-state index in [1.165, 1.54) is 28.0 Å². The Labute approximate surface area is 173 Å². The van der Waals surface area contributed by atoms with Gasteiger partial charge in [0.15, 0.2) is 0 Å². The van der Waals surface area contributed by atoms with Crippen molar-refractivity contribution in [1.29, 1.82) is 0 Å². The van der Waals surface area contributed by atoms with E-state index in [0.29, 0.717) is 16.0 Å². The van der Waals surface area contributed by atoms with Crippen molar-refractivity contribution in [1.82, 2.24) is 9.55 Å². The lowest BCUT2D eigenvalue weighted by molar-refractivity contribution is -0.152. The molecule has 0 unspecified atom stereocenters. The lowest BCUT2D eigenvalue weighted by Gasteiger charge is -2.28. The van der Waals surface area contributed by atoms with Crippen LogP contribution in [-0.4, -0.2) is 22.1 Å². The molecule has 0 spiro atoms. The highest BCUT2D eigenvalue weighted by Crippen LogP contribution is 2.37. The van der Waals surface area contributed by atoms with Gasteiger partial charge >= 0.3 is 5.97 Å². The van der Waals surface area contributed by atoms with E-state index in [-0.39, 0.29) is 23.9 Å². The number of thiophene rings is 1. The Bertz CT molecular complexity index is 1130. The Kier molecular flexibility index (Phi) is 5.63. The van der Waals surface area contributed by atoms with E-state index >= 15 is 0 Å². The van der Waals surface area contributed by atoms with E-state index in [0.717, 1.165) is 16.0 Å². The summed E-state index contributed by atoms with van der Waals surface area (Å²) in [5.74, 6) is -0.364. The van der Waals surface area contributed by atoms with E-state index in [2.05, 4.69) is 0 Å². The number of carbonyl (C=O) groups is 1. The van der Waals surface area contributed by atoms with Crippen LogP contribution in [-0.2, 0) is 15.1 Å². The highest BCUT2D eigenvalue weighted by molar-refractivity contribution is 7.19. The van der Waals surface area contributed by atoms with Crippen LogP contribution in [0.15, 0.2) is 29.1 Å². The van der Waals surface area contributed by atoms with Crippen molar-refractivity contribution >= 4 is 27.5 Å². The first-order valence-electron chi connectivity index (χ1n) is 9.59. The number of aryl methyl sites for hydroxylation is 1. The monoisotopic (exact) mass is 416 g/mol. The van der Waals surface area contributed by atoms with Gasteiger partial charge < -0.3 is 4.74 Å². The molecule has 0 bridgehead atoms. The molecule has 0 saturated heterocycles. The first-order chi connectivity index (χ1) is 13.6. The fourth-order valence-corrected chi connectivity index (χ4v) is 4.51. The van der Waals surface area contributed by atoms with Gasteiger partial charge in [0.2, 0.25) is 0 Å². The third kappa shape index (κ3) is 3.59. The average molecular weight is 417 g/mol. The number of hydrogen-bond donors (Lipinski definition) is 0. The van der Waals surface area contributed by atoms with Gasteiger partial charge in [-0.1, -0.05) is 26.0 Å². The summed E-state index contributed by atoms with van der Waals surface area (Å²) in [7, 11) is 0. The van der Waals surface area contributed by atoms with Crippen molar-refractivity contribution in [3.63, 3.8) is 0 Å². The minimum absolute atomic E-state index is 0.0718. The molecule has 5 nitrogen and oxygen atoms in total. The molecular weight excluding hydrogens is 391 g/mol. The molecule has 0 atom stereocenters.